The topological polar surface area (TPSA) is 67.4 Å². The van der Waals surface area contributed by atoms with Gasteiger partial charge in [0.05, 0.1) is 0 Å². The summed E-state index contributed by atoms with van der Waals surface area (Å²) in [7, 11) is 0. The van der Waals surface area contributed by atoms with Crippen LogP contribution < -0.4 is 15.4 Å². The van der Waals surface area contributed by atoms with Crippen molar-refractivity contribution in [2.75, 3.05) is 11.6 Å². The zero-order valence-corrected chi connectivity index (χ0v) is 13.0. The van der Waals surface area contributed by atoms with E-state index in [-0.39, 0.29) is 10.8 Å². The lowest BCUT2D eigenvalue weighted by atomic mass is 10.0. The van der Waals surface area contributed by atoms with Crippen molar-refractivity contribution in [3.63, 3.8) is 0 Å². The third kappa shape index (κ3) is 5.52. The maximum atomic E-state index is 11.8. The van der Waals surface area contributed by atoms with Crippen LogP contribution in [0.15, 0.2) is 24.3 Å². The van der Waals surface area contributed by atoms with Gasteiger partial charge in [-0.3, -0.25) is 4.79 Å². The highest BCUT2D eigenvalue weighted by molar-refractivity contribution is 8.13. The van der Waals surface area contributed by atoms with Crippen LogP contribution in [-0.4, -0.2) is 23.1 Å². The number of amides is 2. The van der Waals surface area contributed by atoms with E-state index in [0.717, 1.165) is 18.2 Å². The maximum absolute atomic E-state index is 11.8. The fourth-order valence-corrected chi connectivity index (χ4v) is 1.52. The molecule has 1 aromatic carbocycles. The molecule has 0 fully saturated rings. The van der Waals surface area contributed by atoms with Crippen molar-refractivity contribution >= 4 is 28.8 Å². The lowest BCUT2D eigenvalue weighted by molar-refractivity contribution is 0.187. The second-order valence-corrected chi connectivity index (χ2v) is 5.68. The van der Waals surface area contributed by atoms with Crippen LogP contribution in [-0.2, 0) is 0 Å². The van der Waals surface area contributed by atoms with Crippen LogP contribution in [0.2, 0.25) is 0 Å². The number of hydrogen-bond acceptors (Lipinski definition) is 4. The molecule has 0 spiro atoms. The van der Waals surface area contributed by atoms with Crippen LogP contribution in [0.3, 0.4) is 0 Å². The fraction of sp³-hybridized carbons (Fsp3) is 0.429. The standard InChI is InChI=1S/C14H20N2O3S/c1-5-14(2,3)16-12(17)19-11-8-6-7-10(9-11)15-13(18)20-4/h6-9H,5H2,1-4H3,(H,15,18)(H,16,17). The Bertz CT molecular complexity index is 489. The van der Waals surface area contributed by atoms with Gasteiger partial charge in [-0.15, -0.1) is 0 Å². The second-order valence-electron chi connectivity index (χ2n) is 4.90. The van der Waals surface area contributed by atoms with E-state index >= 15 is 0 Å². The molecule has 0 saturated carbocycles. The summed E-state index contributed by atoms with van der Waals surface area (Å²) in [5.41, 5.74) is 0.270. The first-order chi connectivity index (χ1) is 9.36. The molecule has 2 N–H and O–H groups in total. The lowest BCUT2D eigenvalue weighted by Crippen LogP contribution is -2.44. The first-order valence-corrected chi connectivity index (χ1v) is 7.54. The molecule has 0 aromatic heterocycles. The van der Waals surface area contributed by atoms with Crippen LogP contribution in [0, 0.1) is 0 Å². The molecule has 0 saturated heterocycles. The van der Waals surface area contributed by atoms with E-state index in [1.165, 1.54) is 0 Å². The summed E-state index contributed by atoms with van der Waals surface area (Å²) in [6.07, 6.45) is 1.98. The number of hydrogen-bond donors (Lipinski definition) is 2. The van der Waals surface area contributed by atoms with Gasteiger partial charge >= 0.3 is 6.09 Å². The van der Waals surface area contributed by atoms with E-state index in [4.69, 9.17) is 4.74 Å². The van der Waals surface area contributed by atoms with E-state index in [0.29, 0.717) is 11.4 Å². The molecule has 20 heavy (non-hydrogen) atoms. The van der Waals surface area contributed by atoms with Gasteiger partial charge in [0.2, 0.25) is 0 Å². The van der Waals surface area contributed by atoms with Gasteiger partial charge in [0.15, 0.2) is 0 Å². The number of anilines is 1. The second kappa shape index (κ2) is 7.19. The summed E-state index contributed by atoms with van der Waals surface area (Å²) in [5, 5.41) is 5.28. The molecule has 1 aromatic rings. The van der Waals surface area contributed by atoms with Crippen molar-refractivity contribution in [2.24, 2.45) is 0 Å². The number of carbonyl (C=O) groups excluding carboxylic acids is 2. The molecule has 0 bridgehead atoms. The van der Waals surface area contributed by atoms with E-state index in [9.17, 15) is 9.59 Å². The minimum absolute atomic E-state index is 0.168. The number of thioether (sulfide) groups is 1. The Kier molecular flexibility index (Phi) is 5.88. The molecule has 5 nitrogen and oxygen atoms in total. The Balaban J connectivity index is 2.66. The predicted molar refractivity (Wildman–Crippen MR) is 82.5 cm³/mol. The average molecular weight is 296 g/mol. The third-order valence-corrected chi connectivity index (χ3v) is 3.27. The van der Waals surface area contributed by atoms with Crippen molar-refractivity contribution in [3.8, 4) is 5.75 Å². The summed E-state index contributed by atoms with van der Waals surface area (Å²) in [4.78, 5) is 23.0. The molecule has 0 heterocycles. The molecule has 1 rings (SSSR count). The van der Waals surface area contributed by atoms with Gasteiger partial charge in [0.1, 0.15) is 5.75 Å². The quantitative estimate of drug-likeness (QED) is 0.885. The van der Waals surface area contributed by atoms with Gasteiger partial charge in [0, 0.05) is 17.3 Å². The van der Waals surface area contributed by atoms with E-state index in [1.54, 1.807) is 30.5 Å². The van der Waals surface area contributed by atoms with E-state index < -0.39 is 6.09 Å². The number of ether oxygens (including phenoxy) is 1. The summed E-state index contributed by atoms with van der Waals surface area (Å²) in [6, 6.07) is 6.71. The SMILES string of the molecule is CCC(C)(C)NC(=O)Oc1cccc(NC(=O)SC)c1. The van der Waals surface area contributed by atoms with Crippen molar-refractivity contribution in [1.82, 2.24) is 5.32 Å². The van der Waals surface area contributed by atoms with Crippen LogP contribution in [0.5, 0.6) is 5.75 Å². The highest BCUT2D eigenvalue weighted by atomic mass is 32.2. The van der Waals surface area contributed by atoms with Crippen LogP contribution >= 0.6 is 11.8 Å². The summed E-state index contributed by atoms with van der Waals surface area (Å²) in [6.45, 7) is 5.83. The highest BCUT2D eigenvalue weighted by Crippen LogP contribution is 2.19. The Morgan fingerprint density at radius 2 is 2.05 bits per heavy atom. The molecular formula is C14H20N2O3S. The van der Waals surface area contributed by atoms with Crippen LogP contribution in [0.25, 0.3) is 0 Å². The van der Waals surface area contributed by atoms with Gasteiger partial charge < -0.3 is 15.4 Å². The molecule has 0 atom stereocenters. The number of benzene rings is 1. The van der Waals surface area contributed by atoms with E-state index in [1.807, 2.05) is 20.8 Å². The maximum Gasteiger partial charge on any atom is 0.413 e. The molecule has 2 amide bonds. The van der Waals surface area contributed by atoms with Gasteiger partial charge in [-0.25, -0.2) is 4.79 Å². The smallest absolute Gasteiger partial charge is 0.410 e. The van der Waals surface area contributed by atoms with Crippen LogP contribution in [0.1, 0.15) is 27.2 Å². The van der Waals surface area contributed by atoms with Gasteiger partial charge in [-0.05, 0) is 38.7 Å². The summed E-state index contributed by atoms with van der Waals surface area (Å²) >= 11 is 1.08. The Morgan fingerprint density at radius 1 is 1.35 bits per heavy atom. The molecule has 110 valence electrons. The first-order valence-electron chi connectivity index (χ1n) is 6.31. The van der Waals surface area contributed by atoms with E-state index in [2.05, 4.69) is 10.6 Å². The number of carbonyl (C=O) groups is 2. The number of nitrogens with one attached hydrogen (secondary N) is 2. The molecule has 0 aliphatic rings. The zero-order valence-electron chi connectivity index (χ0n) is 12.1. The minimum atomic E-state index is -0.509. The lowest BCUT2D eigenvalue weighted by Gasteiger charge is -2.23. The monoisotopic (exact) mass is 296 g/mol. The van der Waals surface area contributed by atoms with Gasteiger partial charge in [0.25, 0.3) is 5.24 Å². The normalized spacial score (nSPS) is 10.8. The molecule has 0 aliphatic heterocycles. The fourth-order valence-electron chi connectivity index (χ4n) is 1.30. The highest BCUT2D eigenvalue weighted by Gasteiger charge is 2.19. The van der Waals surface area contributed by atoms with Crippen molar-refractivity contribution in [2.45, 2.75) is 32.7 Å². The van der Waals surface area contributed by atoms with Crippen molar-refractivity contribution in [3.05, 3.63) is 24.3 Å². The van der Waals surface area contributed by atoms with Crippen molar-refractivity contribution < 1.29 is 14.3 Å². The Hall–Kier alpha value is -1.69. The number of rotatable bonds is 4. The van der Waals surface area contributed by atoms with Crippen LogP contribution in [0.4, 0.5) is 15.3 Å². The zero-order chi connectivity index (χ0) is 15.2. The molecular weight excluding hydrogens is 276 g/mol. The minimum Gasteiger partial charge on any atom is -0.410 e. The molecule has 0 radical (unpaired) electrons. The Morgan fingerprint density at radius 3 is 2.65 bits per heavy atom. The summed E-state index contributed by atoms with van der Waals surface area (Å²) in [5.74, 6) is 0.383. The third-order valence-electron chi connectivity index (χ3n) is 2.80. The first kappa shape index (κ1) is 16.4. The molecule has 6 heteroatoms. The Labute approximate surface area is 123 Å². The molecule has 0 unspecified atom stereocenters. The summed E-state index contributed by atoms with van der Waals surface area (Å²) < 4.78 is 5.20. The van der Waals surface area contributed by atoms with Gasteiger partial charge in [-0.2, -0.15) is 0 Å². The molecule has 0 aliphatic carbocycles. The van der Waals surface area contributed by atoms with Gasteiger partial charge in [-0.1, -0.05) is 24.8 Å². The largest absolute Gasteiger partial charge is 0.413 e. The predicted octanol–water partition coefficient (Wildman–Crippen LogP) is 3.86. The average Bonchev–Trinajstić information content (AvgIpc) is 2.38. The van der Waals surface area contributed by atoms with Crippen molar-refractivity contribution in [1.29, 1.82) is 0 Å².